The number of pyridine rings is 1. The molecule has 2 aromatic heterocycles. The van der Waals surface area contributed by atoms with Crippen molar-refractivity contribution < 1.29 is 32.6 Å². The fraction of sp³-hybridized carbons (Fsp3) is 0.444. The molecule has 2 aliphatic heterocycles. The van der Waals surface area contributed by atoms with Crippen molar-refractivity contribution in [2.45, 2.75) is 31.5 Å². The molecule has 0 bridgehead atoms. The van der Waals surface area contributed by atoms with Crippen LogP contribution < -0.4 is 15.2 Å². The van der Waals surface area contributed by atoms with Crippen molar-refractivity contribution in [3.8, 4) is 22.9 Å². The molecule has 30 heavy (non-hydrogen) atoms. The molecule has 0 saturated carbocycles. The maximum absolute atomic E-state index is 13.0. The second-order valence-electron chi connectivity index (χ2n) is 6.93. The summed E-state index contributed by atoms with van der Waals surface area (Å²) in [6.45, 7) is -2.08. The van der Waals surface area contributed by atoms with Gasteiger partial charge >= 0.3 is 12.6 Å². The van der Waals surface area contributed by atoms with E-state index in [1.807, 2.05) is 0 Å². The lowest BCUT2D eigenvalue weighted by molar-refractivity contribution is 0.0566. The Kier molecular flexibility index (Phi) is 5.14. The van der Waals surface area contributed by atoms with Crippen LogP contribution in [0.3, 0.4) is 0 Å². The lowest BCUT2D eigenvalue weighted by Crippen LogP contribution is -2.44. The Labute approximate surface area is 169 Å². The Hall–Kier alpha value is -3.44. The number of nitrogens with zero attached hydrogens (tertiary/aromatic N) is 4. The number of methoxy groups -OCH3 is 1. The molecule has 10 nitrogen and oxygen atoms in total. The summed E-state index contributed by atoms with van der Waals surface area (Å²) in [4.78, 5) is 29.4. The van der Waals surface area contributed by atoms with Crippen LogP contribution in [0.2, 0.25) is 0 Å². The van der Waals surface area contributed by atoms with Gasteiger partial charge in [0, 0.05) is 37.2 Å². The van der Waals surface area contributed by atoms with Crippen molar-refractivity contribution in [2.24, 2.45) is 5.73 Å². The standard InChI is InChI=1S/C18H19F2N5O5/c1-28-16-12(15(21)26)5-13(14(23-16)9-6-22-25(7-9)17(19)20)30-11-2-3-24-10(4-11)8-29-18(24)27/h5-7,10-11,17H,2-4,8H2,1H3,(H2,21,26)/t10-,11-/m0/s1. The van der Waals surface area contributed by atoms with Crippen molar-refractivity contribution in [2.75, 3.05) is 20.3 Å². The fourth-order valence-electron chi connectivity index (χ4n) is 3.62. The van der Waals surface area contributed by atoms with Gasteiger partial charge in [-0.2, -0.15) is 13.9 Å². The molecule has 2 amide bonds. The van der Waals surface area contributed by atoms with E-state index in [9.17, 15) is 18.4 Å². The predicted octanol–water partition coefficient (Wildman–Crippen LogP) is 1.81. The molecule has 2 aliphatic rings. The number of carbonyl (C=O) groups excluding carboxylic acids is 2. The highest BCUT2D eigenvalue weighted by atomic mass is 19.3. The van der Waals surface area contributed by atoms with E-state index in [1.54, 1.807) is 4.90 Å². The molecule has 2 saturated heterocycles. The molecule has 2 atom stereocenters. The number of alkyl halides is 2. The van der Waals surface area contributed by atoms with Gasteiger partial charge in [-0.25, -0.2) is 14.5 Å². The number of primary amides is 1. The average Bonchev–Trinajstić information content (AvgIpc) is 3.35. The number of halogens is 2. The summed E-state index contributed by atoms with van der Waals surface area (Å²) in [6.07, 6.45) is 2.73. The van der Waals surface area contributed by atoms with Crippen LogP contribution in [0.15, 0.2) is 18.5 Å². The summed E-state index contributed by atoms with van der Waals surface area (Å²) in [6, 6.07) is 1.27. The third kappa shape index (κ3) is 3.60. The summed E-state index contributed by atoms with van der Waals surface area (Å²) in [7, 11) is 1.31. The van der Waals surface area contributed by atoms with Gasteiger partial charge in [0.25, 0.3) is 5.91 Å². The van der Waals surface area contributed by atoms with E-state index < -0.39 is 12.5 Å². The van der Waals surface area contributed by atoms with Gasteiger partial charge in [0.2, 0.25) is 5.88 Å². The van der Waals surface area contributed by atoms with Gasteiger partial charge in [0.15, 0.2) is 0 Å². The molecule has 0 aliphatic carbocycles. The zero-order valence-corrected chi connectivity index (χ0v) is 16.0. The highest BCUT2D eigenvalue weighted by molar-refractivity contribution is 5.96. The van der Waals surface area contributed by atoms with Crippen molar-refractivity contribution in [1.82, 2.24) is 19.7 Å². The highest BCUT2D eigenvalue weighted by Crippen LogP contribution is 2.36. The first-order valence-corrected chi connectivity index (χ1v) is 9.19. The van der Waals surface area contributed by atoms with Crippen molar-refractivity contribution >= 4 is 12.0 Å². The van der Waals surface area contributed by atoms with Crippen molar-refractivity contribution in [1.29, 1.82) is 0 Å². The molecule has 2 aromatic rings. The highest BCUT2D eigenvalue weighted by Gasteiger charge is 2.39. The third-order valence-corrected chi connectivity index (χ3v) is 5.08. The second-order valence-corrected chi connectivity index (χ2v) is 6.93. The average molecular weight is 423 g/mol. The number of cyclic esters (lactones) is 1. The van der Waals surface area contributed by atoms with Crippen molar-refractivity contribution in [3.05, 3.63) is 24.0 Å². The first-order valence-electron chi connectivity index (χ1n) is 9.19. The van der Waals surface area contributed by atoms with E-state index in [1.165, 1.54) is 19.4 Å². The van der Waals surface area contributed by atoms with Crippen LogP contribution in [0, 0.1) is 0 Å². The molecular weight excluding hydrogens is 404 g/mol. The molecule has 160 valence electrons. The Morgan fingerprint density at radius 3 is 2.90 bits per heavy atom. The van der Waals surface area contributed by atoms with E-state index in [0.717, 1.165) is 6.20 Å². The van der Waals surface area contributed by atoms with Gasteiger partial charge in [0.1, 0.15) is 29.7 Å². The number of amides is 2. The number of fused-ring (bicyclic) bond motifs is 1. The van der Waals surface area contributed by atoms with E-state index in [4.69, 9.17) is 19.9 Å². The largest absolute Gasteiger partial charge is 0.488 e. The molecule has 2 N–H and O–H groups in total. The minimum Gasteiger partial charge on any atom is -0.488 e. The zero-order valence-electron chi connectivity index (χ0n) is 16.0. The summed E-state index contributed by atoms with van der Waals surface area (Å²) in [5.41, 5.74) is 5.86. The minimum absolute atomic E-state index is 0.00526. The Balaban J connectivity index is 1.68. The van der Waals surface area contributed by atoms with Gasteiger partial charge < -0.3 is 24.8 Å². The number of hydrogen-bond acceptors (Lipinski definition) is 7. The second kappa shape index (κ2) is 7.76. The van der Waals surface area contributed by atoms with Gasteiger partial charge in [-0.15, -0.1) is 0 Å². The van der Waals surface area contributed by atoms with Gasteiger partial charge in [-0.3, -0.25) is 4.79 Å². The van der Waals surface area contributed by atoms with E-state index in [0.29, 0.717) is 24.1 Å². The van der Waals surface area contributed by atoms with Crippen LogP contribution in [0.1, 0.15) is 29.7 Å². The summed E-state index contributed by atoms with van der Waals surface area (Å²) in [5.74, 6) is -0.648. The van der Waals surface area contributed by atoms with Crippen LogP contribution in [0.5, 0.6) is 11.6 Å². The fourth-order valence-corrected chi connectivity index (χ4v) is 3.62. The topological polar surface area (TPSA) is 122 Å². The van der Waals surface area contributed by atoms with Crippen LogP contribution in [0.25, 0.3) is 11.3 Å². The number of ether oxygens (including phenoxy) is 3. The molecule has 4 rings (SSSR count). The van der Waals surface area contributed by atoms with E-state index in [2.05, 4.69) is 10.1 Å². The molecule has 0 spiro atoms. The number of carbonyl (C=O) groups is 2. The molecular formula is C18H19F2N5O5. The quantitative estimate of drug-likeness (QED) is 0.752. The predicted molar refractivity (Wildman–Crippen MR) is 97.3 cm³/mol. The van der Waals surface area contributed by atoms with Crippen molar-refractivity contribution in [3.63, 3.8) is 0 Å². The van der Waals surface area contributed by atoms with E-state index in [-0.39, 0.29) is 53.3 Å². The Bertz CT molecular complexity index is 982. The van der Waals surface area contributed by atoms with Gasteiger partial charge in [-0.05, 0) is 0 Å². The number of aromatic nitrogens is 3. The summed E-state index contributed by atoms with van der Waals surface area (Å²) in [5, 5.41) is 3.62. The molecule has 2 fully saturated rings. The van der Waals surface area contributed by atoms with Crippen LogP contribution >= 0.6 is 0 Å². The lowest BCUT2D eigenvalue weighted by atomic mass is 10.0. The number of piperidine rings is 1. The normalized spacial score (nSPS) is 20.8. The SMILES string of the molecule is COc1nc(-c2cnn(C(F)F)c2)c(O[C@H]2CCN3C(=O)OC[C@@H]3C2)cc1C(N)=O. The summed E-state index contributed by atoms with van der Waals surface area (Å²) >= 11 is 0. The first-order chi connectivity index (χ1) is 14.4. The lowest BCUT2D eigenvalue weighted by Gasteiger charge is -2.32. The number of hydrogen-bond donors (Lipinski definition) is 1. The number of rotatable bonds is 6. The third-order valence-electron chi connectivity index (χ3n) is 5.08. The van der Waals surface area contributed by atoms with Gasteiger partial charge in [-0.1, -0.05) is 0 Å². The van der Waals surface area contributed by atoms with E-state index >= 15 is 0 Å². The maximum atomic E-state index is 13.0. The summed E-state index contributed by atoms with van der Waals surface area (Å²) < 4.78 is 42.7. The molecule has 0 radical (unpaired) electrons. The Morgan fingerprint density at radius 1 is 1.43 bits per heavy atom. The zero-order chi connectivity index (χ0) is 21.4. The monoisotopic (exact) mass is 423 g/mol. The van der Waals surface area contributed by atoms with Crippen LogP contribution in [-0.4, -0.2) is 64.1 Å². The Morgan fingerprint density at radius 2 is 2.23 bits per heavy atom. The van der Waals surface area contributed by atoms with Crippen LogP contribution in [-0.2, 0) is 4.74 Å². The smallest absolute Gasteiger partial charge is 0.410 e. The molecule has 12 heteroatoms. The number of nitrogens with two attached hydrogens (primary N) is 1. The molecule has 4 heterocycles. The van der Waals surface area contributed by atoms with Gasteiger partial charge in [0.05, 0.1) is 19.3 Å². The minimum atomic E-state index is -2.82. The first kappa shape index (κ1) is 19.9. The maximum Gasteiger partial charge on any atom is 0.410 e. The van der Waals surface area contributed by atoms with Crippen LogP contribution in [0.4, 0.5) is 13.6 Å². The molecule has 0 aromatic carbocycles. The molecule has 0 unspecified atom stereocenters.